The Labute approximate surface area is 118 Å². The number of nitrogens with zero attached hydrogens (tertiary/aromatic N) is 3. The molecule has 1 heterocycles. The maximum atomic E-state index is 5.59. The molecule has 0 bridgehead atoms. The fraction of sp³-hybridized carbons (Fsp3) is 0.400. The number of anilines is 2. The highest BCUT2D eigenvalue weighted by atomic mass is 15.2. The second-order valence-electron chi connectivity index (χ2n) is 5.28. The SMILES string of the molecule is Nc1ncnc(NC(CCc2ccccc2)C2CC2)n1. The smallest absolute Gasteiger partial charge is 0.227 e. The molecule has 1 fully saturated rings. The fourth-order valence-electron chi connectivity index (χ4n) is 2.44. The summed E-state index contributed by atoms with van der Waals surface area (Å²) < 4.78 is 0. The lowest BCUT2D eigenvalue weighted by atomic mass is 10.0. The normalized spacial score (nSPS) is 15.8. The van der Waals surface area contributed by atoms with Gasteiger partial charge in [-0.25, -0.2) is 9.97 Å². The molecule has 2 aromatic rings. The van der Waals surface area contributed by atoms with Crippen molar-refractivity contribution >= 4 is 11.9 Å². The molecule has 0 aliphatic heterocycles. The van der Waals surface area contributed by atoms with Crippen molar-refractivity contribution < 1.29 is 0 Å². The molecule has 1 aromatic carbocycles. The van der Waals surface area contributed by atoms with Crippen LogP contribution in [0.5, 0.6) is 0 Å². The third-order valence-corrected chi connectivity index (χ3v) is 3.68. The lowest BCUT2D eigenvalue weighted by Gasteiger charge is -2.18. The minimum Gasteiger partial charge on any atom is -0.368 e. The molecule has 0 spiro atoms. The van der Waals surface area contributed by atoms with Crippen LogP contribution in [0.4, 0.5) is 11.9 Å². The summed E-state index contributed by atoms with van der Waals surface area (Å²) in [6, 6.07) is 11.0. The standard InChI is InChI=1S/C15H19N5/c16-14-17-10-18-15(20-14)19-13(12-7-8-12)9-6-11-4-2-1-3-5-11/h1-5,10,12-13H,6-9H2,(H3,16,17,18,19,20). The molecule has 3 rings (SSSR count). The molecule has 1 saturated carbocycles. The van der Waals surface area contributed by atoms with Crippen molar-refractivity contribution in [3.05, 3.63) is 42.2 Å². The van der Waals surface area contributed by atoms with E-state index in [0.717, 1.165) is 18.8 Å². The van der Waals surface area contributed by atoms with E-state index in [0.29, 0.717) is 12.0 Å². The van der Waals surface area contributed by atoms with Gasteiger partial charge in [-0.15, -0.1) is 0 Å². The number of nitrogens with two attached hydrogens (primary N) is 1. The lowest BCUT2D eigenvalue weighted by molar-refractivity contribution is 0.581. The van der Waals surface area contributed by atoms with E-state index in [1.807, 2.05) is 6.07 Å². The molecular weight excluding hydrogens is 250 g/mol. The van der Waals surface area contributed by atoms with Gasteiger partial charge in [-0.05, 0) is 37.2 Å². The molecule has 5 nitrogen and oxygen atoms in total. The fourth-order valence-corrected chi connectivity index (χ4v) is 2.44. The topological polar surface area (TPSA) is 76.7 Å². The van der Waals surface area contributed by atoms with Crippen molar-refractivity contribution in [2.75, 3.05) is 11.1 Å². The Bertz CT molecular complexity index is 553. The van der Waals surface area contributed by atoms with Crippen LogP contribution >= 0.6 is 0 Å². The minimum absolute atomic E-state index is 0.264. The summed E-state index contributed by atoms with van der Waals surface area (Å²) in [5.41, 5.74) is 6.96. The molecule has 0 amide bonds. The Hall–Kier alpha value is -2.17. The first-order valence-corrected chi connectivity index (χ1v) is 7.06. The van der Waals surface area contributed by atoms with Crippen LogP contribution in [0.3, 0.4) is 0 Å². The average molecular weight is 269 g/mol. The molecule has 1 aromatic heterocycles. The number of nitrogens with one attached hydrogen (secondary N) is 1. The maximum absolute atomic E-state index is 5.59. The van der Waals surface area contributed by atoms with Gasteiger partial charge in [0, 0.05) is 6.04 Å². The van der Waals surface area contributed by atoms with Crippen molar-refractivity contribution in [1.82, 2.24) is 15.0 Å². The summed E-state index contributed by atoms with van der Waals surface area (Å²) in [5.74, 6) is 1.58. The predicted molar refractivity (Wildman–Crippen MR) is 79.1 cm³/mol. The Morgan fingerprint density at radius 3 is 2.70 bits per heavy atom. The van der Waals surface area contributed by atoms with E-state index in [-0.39, 0.29) is 5.95 Å². The molecule has 20 heavy (non-hydrogen) atoms. The van der Waals surface area contributed by atoms with E-state index >= 15 is 0 Å². The van der Waals surface area contributed by atoms with E-state index in [1.165, 1.54) is 24.7 Å². The van der Waals surface area contributed by atoms with Crippen molar-refractivity contribution in [1.29, 1.82) is 0 Å². The number of hydrogen-bond acceptors (Lipinski definition) is 5. The van der Waals surface area contributed by atoms with Crippen molar-refractivity contribution in [2.45, 2.75) is 31.7 Å². The molecule has 3 N–H and O–H groups in total. The zero-order chi connectivity index (χ0) is 13.8. The van der Waals surface area contributed by atoms with Gasteiger partial charge in [0.15, 0.2) is 0 Å². The molecule has 104 valence electrons. The van der Waals surface area contributed by atoms with Crippen molar-refractivity contribution in [3.8, 4) is 0 Å². The number of benzene rings is 1. The van der Waals surface area contributed by atoms with E-state index in [2.05, 4.69) is 44.5 Å². The first kappa shape index (κ1) is 12.8. The van der Waals surface area contributed by atoms with Gasteiger partial charge in [-0.1, -0.05) is 30.3 Å². The number of aromatic nitrogens is 3. The number of rotatable bonds is 6. The van der Waals surface area contributed by atoms with Crippen LogP contribution in [0, 0.1) is 5.92 Å². The van der Waals surface area contributed by atoms with Crippen LogP contribution in [0.15, 0.2) is 36.7 Å². The summed E-state index contributed by atoms with van der Waals surface area (Å²) in [5, 5.41) is 3.41. The van der Waals surface area contributed by atoms with Gasteiger partial charge >= 0.3 is 0 Å². The molecule has 1 aliphatic carbocycles. The van der Waals surface area contributed by atoms with Crippen LogP contribution in [0.25, 0.3) is 0 Å². The summed E-state index contributed by atoms with van der Waals surface area (Å²) >= 11 is 0. The minimum atomic E-state index is 0.264. The average Bonchev–Trinajstić information content (AvgIpc) is 3.29. The molecule has 0 saturated heterocycles. The van der Waals surface area contributed by atoms with E-state index in [4.69, 9.17) is 5.73 Å². The quantitative estimate of drug-likeness (QED) is 0.841. The Kier molecular flexibility index (Phi) is 3.76. The monoisotopic (exact) mass is 269 g/mol. The van der Waals surface area contributed by atoms with Crippen molar-refractivity contribution in [3.63, 3.8) is 0 Å². The van der Waals surface area contributed by atoms with Crippen molar-refractivity contribution in [2.24, 2.45) is 5.92 Å². The highest BCUT2D eigenvalue weighted by Crippen LogP contribution is 2.35. The molecule has 1 unspecified atom stereocenters. The first-order chi connectivity index (χ1) is 9.81. The summed E-state index contributed by atoms with van der Waals surface area (Å²) in [7, 11) is 0. The van der Waals surface area contributed by atoms with E-state index < -0.39 is 0 Å². The summed E-state index contributed by atoms with van der Waals surface area (Å²) in [6.45, 7) is 0. The van der Waals surface area contributed by atoms with Crippen LogP contribution in [0.1, 0.15) is 24.8 Å². The van der Waals surface area contributed by atoms with E-state index in [1.54, 1.807) is 0 Å². The summed E-state index contributed by atoms with van der Waals surface area (Å²) in [6.07, 6.45) is 6.17. The van der Waals surface area contributed by atoms with Gasteiger partial charge in [-0.2, -0.15) is 4.98 Å². The van der Waals surface area contributed by atoms with Gasteiger partial charge in [-0.3, -0.25) is 0 Å². The third-order valence-electron chi connectivity index (χ3n) is 3.68. The lowest BCUT2D eigenvalue weighted by Crippen LogP contribution is -2.24. The number of hydrogen-bond donors (Lipinski definition) is 2. The van der Waals surface area contributed by atoms with Crippen LogP contribution in [-0.2, 0) is 6.42 Å². The largest absolute Gasteiger partial charge is 0.368 e. The molecule has 1 aliphatic rings. The van der Waals surface area contributed by atoms with Crippen LogP contribution in [-0.4, -0.2) is 21.0 Å². The van der Waals surface area contributed by atoms with Gasteiger partial charge in [0.1, 0.15) is 6.33 Å². The summed E-state index contributed by atoms with van der Waals surface area (Å²) in [4.78, 5) is 12.1. The third kappa shape index (κ3) is 3.44. The second-order valence-corrected chi connectivity index (χ2v) is 5.28. The Morgan fingerprint density at radius 2 is 2.00 bits per heavy atom. The Morgan fingerprint density at radius 1 is 1.20 bits per heavy atom. The first-order valence-electron chi connectivity index (χ1n) is 7.06. The predicted octanol–water partition coefficient (Wildman–Crippen LogP) is 2.28. The molecule has 0 radical (unpaired) electrons. The van der Waals surface area contributed by atoms with Gasteiger partial charge in [0.25, 0.3) is 0 Å². The van der Waals surface area contributed by atoms with E-state index in [9.17, 15) is 0 Å². The number of aryl methyl sites for hydroxylation is 1. The maximum Gasteiger partial charge on any atom is 0.227 e. The van der Waals surface area contributed by atoms with Crippen LogP contribution in [0.2, 0.25) is 0 Å². The number of nitrogen functional groups attached to an aromatic ring is 1. The molecule has 5 heteroatoms. The van der Waals surface area contributed by atoms with Gasteiger partial charge < -0.3 is 11.1 Å². The second kappa shape index (κ2) is 5.86. The highest BCUT2D eigenvalue weighted by molar-refractivity contribution is 5.31. The zero-order valence-corrected chi connectivity index (χ0v) is 11.4. The molecule has 1 atom stereocenters. The van der Waals surface area contributed by atoms with Crippen LogP contribution < -0.4 is 11.1 Å². The van der Waals surface area contributed by atoms with Gasteiger partial charge in [0.2, 0.25) is 11.9 Å². The Balaban J connectivity index is 1.61. The molecular formula is C15H19N5. The van der Waals surface area contributed by atoms with Gasteiger partial charge in [0.05, 0.1) is 0 Å². The highest BCUT2D eigenvalue weighted by Gasteiger charge is 2.31. The zero-order valence-electron chi connectivity index (χ0n) is 11.4.